The number of methoxy groups -OCH3 is 1. The van der Waals surface area contributed by atoms with Crippen molar-refractivity contribution in [2.45, 2.75) is 71.7 Å². The summed E-state index contributed by atoms with van der Waals surface area (Å²) in [5.74, 6) is -0.360. The van der Waals surface area contributed by atoms with E-state index in [1.807, 2.05) is 30.3 Å². The fraction of sp³-hybridized carbons (Fsp3) is 0.619. The zero-order chi connectivity index (χ0) is 22.3. The van der Waals surface area contributed by atoms with E-state index >= 15 is 0 Å². The second-order valence-electron chi connectivity index (χ2n) is 8.75. The highest BCUT2D eigenvalue weighted by molar-refractivity contribution is 6.62. The maximum absolute atomic E-state index is 11.0. The highest BCUT2D eigenvalue weighted by Gasteiger charge is 2.51. The number of nitrogens with one attached hydrogen (secondary N) is 1. The van der Waals surface area contributed by atoms with Crippen LogP contribution in [0.1, 0.15) is 54.9 Å². The van der Waals surface area contributed by atoms with E-state index in [0.29, 0.717) is 0 Å². The van der Waals surface area contributed by atoms with Gasteiger partial charge in [-0.3, -0.25) is 4.79 Å². The van der Waals surface area contributed by atoms with Crippen molar-refractivity contribution < 1.29 is 28.4 Å². The lowest BCUT2D eigenvalue weighted by Gasteiger charge is -2.32. The zero-order valence-electron chi connectivity index (χ0n) is 18.8. The van der Waals surface area contributed by atoms with Gasteiger partial charge in [0.15, 0.2) is 0 Å². The first-order chi connectivity index (χ1) is 13.3. The molecule has 1 aromatic rings. The van der Waals surface area contributed by atoms with E-state index in [-0.39, 0.29) is 37.3 Å². The molecule has 1 aliphatic heterocycles. The normalized spacial score (nSPS) is 17.0. The molecule has 0 spiro atoms. The van der Waals surface area contributed by atoms with E-state index in [2.05, 4.69) is 37.7 Å². The van der Waals surface area contributed by atoms with Crippen LogP contribution in [0.25, 0.3) is 0 Å². The molecule has 0 bridgehead atoms. The maximum atomic E-state index is 11.0. The summed E-state index contributed by atoms with van der Waals surface area (Å²) < 4.78 is 21.2. The van der Waals surface area contributed by atoms with Gasteiger partial charge in [-0.05, 0) is 53.9 Å². The van der Waals surface area contributed by atoms with E-state index in [9.17, 15) is 9.59 Å². The molecule has 1 amide bonds. The van der Waals surface area contributed by atoms with Crippen molar-refractivity contribution in [3.63, 3.8) is 0 Å². The summed E-state index contributed by atoms with van der Waals surface area (Å²) in [7, 11) is 1.06. The lowest BCUT2D eigenvalue weighted by molar-refractivity contribution is -0.140. The monoisotopic (exact) mass is 407 g/mol. The van der Waals surface area contributed by atoms with E-state index in [1.165, 1.54) is 7.11 Å². The molecule has 29 heavy (non-hydrogen) atoms. The predicted molar refractivity (Wildman–Crippen MR) is 113 cm³/mol. The molecule has 0 aromatic heterocycles. The number of esters is 1. The maximum Gasteiger partial charge on any atom is 0.494 e. The summed E-state index contributed by atoms with van der Waals surface area (Å²) in [5, 5.41) is 2.44. The average Bonchev–Trinajstić information content (AvgIpc) is 2.82. The first-order valence-electron chi connectivity index (χ1n) is 9.71. The summed E-state index contributed by atoms with van der Waals surface area (Å²) in [6.07, 6.45) is -0.378. The summed E-state index contributed by atoms with van der Waals surface area (Å²) in [6, 6.07) is 10.1. The minimum atomic E-state index is -0.526. The van der Waals surface area contributed by atoms with Crippen molar-refractivity contribution >= 4 is 24.6 Å². The van der Waals surface area contributed by atoms with Crippen molar-refractivity contribution in [1.29, 1.82) is 0 Å². The van der Waals surface area contributed by atoms with Crippen molar-refractivity contribution in [3.05, 3.63) is 30.3 Å². The Morgan fingerprint density at radius 2 is 1.55 bits per heavy atom. The van der Waals surface area contributed by atoms with Crippen LogP contribution in [0.3, 0.4) is 0 Å². The molecular weight excluding hydrogens is 373 g/mol. The number of carbonyl (C=O) groups is 2. The summed E-state index contributed by atoms with van der Waals surface area (Å²) in [4.78, 5) is 21.7. The molecule has 7 nitrogen and oxygen atoms in total. The lowest BCUT2D eigenvalue weighted by atomic mass is 9.79. The molecule has 0 atom stereocenters. The predicted octanol–water partition coefficient (Wildman–Crippen LogP) is 3.06. The molecule has 1 aromatic carbocycles. The van der Waals surface area contributed by atoms with Gasteiger partial charge in [0.05, 0.1) is 24.7 Å². The topological polar surface area (TPSA) is 83.1 Å². The van der Waals surface area contributed by atoms with Gasteiger partial charge in [-0.25, -0.2) is 4.79 Å². The number of hydrogen-bond acceptors (Lipinski definition) is 6. The number of hydrogen-bond donors (Lipinski definition) is 1. The van der Waals surface area contributed by atoms with Crippen molar-refractivity contribution in [2.24, 2.45) is 0 Å². The van der Waals surface area contributed by atoms with Crippen LogP contribution < -0.4 is 10.8 Å². The zero-order valence-corrected chi connectivity index (χ0v) is 18.8. The largest absolute Gasteiger partial charge is 0.494 e. The Hall–Kier alpha value is -2.06. The first-order valence-corrected chi connectivity index (χ1v) is 9.71. The molecule has 1 aliphatic rings. The van der Waals surface area contributed by atoms with Crippen molar-refractivity contribution in [1.82, 2.24) is 5.32 Å². The Morgan fingerprint density at radius 1 is 1.03 bits per heavy atom. The SMILES string of the molecule is CC1(C)OB(c2ccccc2)OC1(C)C.COC(=O)CCNC(=O)OC(C)(C)C. The highest BCUT2D eigenvalue weighted by atomic mass is 16.7. The van der Waals surface area contributed by atoms with Crippen LogP contribution >= 0.6 is 0 Å². The Kier molecular flexibility index (Phi) is 8.72. The lowest BCUT2D eigenvalue weighted by Crippen LogP contribution is -2.41. The molecule has 8 heteroatoms. The van der Waals surface area contributed by atoms with Crippen LogP contribution in [-0.4, -0.2) is 49.6 Å². The smallest absolute Gasteiger partial charge is 0.469 e. The Bertz CT molecular complexity index is 653. The number of carbonyl (C=O) groups excluding carboxylic acids is 2. The van der Waals surface area contributed by atoms with E-state index < -0.39 is 11.7 Å². The highest BCUT2D eigenvalue weighted by Crippen LogP contribution is 2.36. The number of ether oxygens (including phenoxy) is 2. The molecule has 0 aliphatic carbocycles. The number of alkyl carbamates (subject to hydrolysis) is 1. The molecule has 1 N–H and O–H groups in total. The van der Waals surface area contributed by atoms with Gasteiger partial charge < -0.3 is 24.1 Å². The third-order valence-electron chi connectivity index (χ3n) is 4.55. The summed E-state index contributed by atoms with van der Waals surface area (Å²) in [6.45, 7) is 13.8. The van der Waals surface area contributed by atoms with Crippen LogP contribution in [0.4, 0.5) is 4.79 Å². The van der Waals surface area contributed by atoms with Gasteiger partial charge >= 0.3 is 19.2 Å². The molecular formula is C21H34BNO6. The number of rotatable bonds is 4. The van der Waals surface area contributed by atoms with Crippen LogP contribution in [0.15, 0.2) is 30.3 Å². The number of benzene rings is 1. The summed E-state index contributed by atoms with van der Waals surface area (Å²) in [5.41, 5.74) is 0.0484. The van der Waals surface area contributed by atoms with Gasteiger partial charge in [0.2, 0.25) is 0 Å². The molecule has 0 saturated carbocycles. The second-order valence-corrected chi connectivity index (χ2v) is 8.75. The molecule has 0 unspecified atom stereocenters. The van der Waals surface area contributed by atoms with Crippen LogP contribution in [0, 0.1) is 0 Å². The average molecular weight is 407 g/mol. The third-order valence-corrected chi connectivity index (χ3v) is 4.55. The van der Waals surface area contributed by atoms with Crippen LogP contribution in [0.5, 0.6) is 0 Å². The second kappa shape index (κ2) is 10.1. The molecule has 1 fully saturated rings. The van der Waals surface area contributed by atoms with Gasteiger partial charge in [-0.15, -0.1) is 0 Å². The molecule has 0 radical (unpaired) electrons. The molecule has 1 saturated heterocycles. The molecule has 162 valence electrons. The Labute approximate surface area is 174 Å². The van der Waals surface area contributed by atoms with E-state index in [0.717, 1.165) is 5.46 Å². The number of amides is 1. The van der Waals surface area contributed by atoms with Gasteiger partial charge in [-0.1, -0.05) is 30.3 Å². The van der Waals surface area contributed by atoms with E-state index in [4.69, 9.17) is 14.0 Å². The van der Waals surface area contributed by atoms with E-state index in [1.54, 1.807) is 20.8 Å². The van der Waals surface area contributed by atoms with Gasteiger partial charge in [0.1, 0.15) is 5.60 Å². The van der Waals surface area contributed by atoms with Crippen LogP contribution in [0.2, 0.25) is 0 Å². The van der Waals surface area contributed by atoms with Crippen molar-refractivity contribution in [2.75, 3.05) is 13.7 Å². The molecule has 2 rings (SSSR count). The minimum absolute atomic E-state index is 0.149. The van der Waals surface area contributed by atoms with Gasteiger partial charge in [-0.2, -0.15) is 0 Å². The minimum Gasteiger partial charge on any atom is -0.469 e. The Morgan fingerprint density at radius 3 is 2.00 bits per heavy atom. The standard InChI is InChI=1S/C12H17BO2.C9H17NO4/c1-11(2)12(3,4)15-13(14-11)10-8-6-5-7-9-10;1-9(2,3)14-8(12)10-6-5-7(11)13-4/h5-9H,1-4H3;5-6H2,1-4H3,(H,10,12). The first kappa shape index (κ1) is 25.0. The fourth-order valence-electron chi connectivity index (χ4n) is 2.27. The quantitative estimate of drug-likeness (QED) is 0.610. The Balaban J connectivity index is 0.000000291. The van der Waals surface area contributed by atoms with Crippen LogP contribution in [-0.2, 0) is 23.6 Å². The molecule has 1 heterocycles. The van der Waals surface area contributed by atoms with Gasteiger partial charge in [0.25, 0.3) is 0 Å². The van der Waals surface area contributed by atoms with Gasteiger partial charge in [0, 0.05) is 6.54 Å². The third kappa shape index (κ3) is 8.46. The van der Waals surface area contributed by atoms with Crippen molar-refractivity contribution in [3.8, 4) is 0 Å². The summed E-state index contributed by atoms with van der Waals surface area (Å²) >= 11 is 0. The fourth-order valence-corrected chi connectivity index (χ4v) is 2.27.